The van der Waals surface area contributed by atoms with E-state index < -0.39 is 5.76 Å². The van der Waals surface area contributed by atoms with Crippen molar-refractivity contribution in [2.75, 3.05) is 0 Å². The summed E-state index contributed by atoms with van der Waals surface area (Å²) in [6, 6.07) is 13.8. The first-order valence-electron chi connectivity index (χ1n) is 8.25. The molecule has 0 saturated heterocycles. The normalized spacial score (nSPS) is 12.2. The van der Waals surface area contributed by atoms with Gasteiger partial charge in [0.15, 0.2) is 5.58 Å². The molecular formula is C19H20N2O4. The van der Waals surface area contributed by atoms with Crippen molar-refractivity contribution in [1.29, 1.82) is 0 Å². The Bertz CT molecular complexity index is 942. The van der Waals surface area contributed by atoms with E-state index in [1.165, 1.54) is 4.57 Å². The number of nitrogens with one attached hydrogen (secondary N) is 1. The van der Waals surface area contributed by atoms with E-state index in [0.717, 1.165) is 0 Å². The fourth-order valence-corrected chi connectivity index (χ4v) is 2.89. The Labute approximate surface area is 144 Å². The number of para-hydroxylation sites is 3. The third kappa shape index (κ3) is 3.57. The summed E-state index contributed by atoms with van der Waals surface area (Å²) in [6.45, 7) is 2.17. The van der Waals surface area contributed by atoms with Crippen molar-refractivity contribution in [2.24, 2.45) is 0 Å². The number of hydrogen-bond donors (Lipinski definition) is 2. The van der Waals surface area contributed by atoms with Gasteiger partial charge in [-0.15, -0.1) is 0 Å². The van der Waals surface area contributed by atoms with Gasteiger partial charge in [-0.3, -0.25) is 9.36 Å². The van der Waals surface area contributed by atoms with Crippen LogP contribution in [0.15, 0.2) is 57.7 Å². The van der Waals surface area contributed by atoms with Gasteiger partial charge >= 0.3 is 5.76 Å². The molecule has 0 bridgehead atoms. The number of hydrogen-bond acceptors (Lipinski definition) is 4. The standard InChI is InChI=1S/C19H20N2O4/c1-2-14(13-7-3-5-9-16(13)22)20-18(23)11-12-21-15-8-4-6-10-17(15)25-19(21)24/h3-10,14,22H,2,11-12H2,1H3,(H,20,23). The van der Waals surface area contributed by atoms with Crippen molar-refractivity contribution in [3.63, 3.8) is 0 Å². The number of carbonyl (C=O) groups is 1. The number of phenols is 1. The van der Waals surface area contributed by atoms with Gasteiger partial charge in [-0.2, -0.15) is 0 Å². The Morgan fingerprint density at radius 2 is 1.92 bits per heavy atom. The number of aromatic hydroxyl groups is 1. The van der Waals surface area contributed by atoms with Crippen LogP contribution in [-0.4, -0.2) is 15.6 Å². The van der Waals surface area contributed by atoms with Crippen LogP contribution in [-0.2, 0) is 11.3 Å². The van der Waals surface area contributed by atoms with Crippen molar-refractivity contribution in [2.45, 2.75) is 32.4 Å². The van der Waals surface area contributed by atoms with Gasteiger partial charge in [0.2, 0.25) is 5.91 Å². The van der Waals surface area contributed by atoms with Gasteiger partial charge in [-0.25, -0.2) is 4.79 Å². The molecule has 0 aliphatic heterocycles. The first-order valence-corrected chi connectivity index (χ1v) is 8.25. The van der Waals surface area contributed by atoms with E-state index in [-0.39, 0.29) is 30.7 Å². The van der Waals surface area contributed by atoms with Crippen LogP contribution in [0.5, 0.6) is 5.75 Å². The predicted octanol–water partition coefficient (Wildman–Crippen LogP) is 2.96. The van der Waals surface area contributed by atoms with Crippen molar-refractivity contribution < 1.29 is 14.3 Å². The SMILES string of the molecule is CCC(NC(=O)CCn1c(=O)oc2ccccc21)c1ccccc1O. The van der Waals surface area contributed by atoms with Crippen LogP contribution >= 0.6 is 0 Å². The van der Waals surface area contributed by atoms with E-state index in [2.05, 4.69) is 5.32 Å². The Hall–Kier alpha value is -3.02. The summed E-state index contributed by atoms with van der Waals surface area (Å²) in [6.07, 6.45) is 0.797. The summed E-state index contributed by atoms with van der Waals surface area (Å²) in [5, 5.41) is 12.9. The lowest BCUT2D eigenvalue weighted by Gasteiger charge is -2.18. The minimum Gasteiger partial charge on any atom is -0.508 e. The van der Waals surface area contributed by atoms with E-state index in [9.17, 15) is 14.7 Å². The summed E-state index contributed by atoms with van der Waals surface area (Å²) in [7, 11) is 0. The second-order valence-electron chi connectivity index (χ2n) is 5.82. The van der Waals surface area contributed by atoms with Crippen LogP contribution in [0.3, 0.4) is 0 Å². The number of amides is 1. The van der Waals surface area contributed by atoms with Crippen LogP contribution < -0.4 is 11.1 Å². The largest absolute Gasteiger partial charge is 0.508 e. The molecular weight excluding hydrogens is 320 g/mol. The number of aryl methyl sites for hydroxylation is 1. The monoisotopic (exact) mass is 340 g/mol. The topological polar surface area (TPSA) is 84.5 Å². The lowest BCUT2D eigenvalue weighted by molar-refractivity contribution is -0.122. The number of rotatable bonds is 6. The van der Waals surface area contributed by atoms with E-state index in [1.807, 2.05) is 19.1 Å². The van der Waals surface area contributed by atoms with E-state index in [0.29, 0.717) is 23.1 Å². The van der Waals surface area contributed by atoms with E-state index >= 15 is 0 Å². The molecule has 0 spiro atoms. The molecule has 1 atom stereocenters. The van der Waals surface area contributed by atoms with Crippen LogP contribution in [0.4, 0.5) is 0 Å². The van der Waals surface area contributed by atoms with Gasteiger partial charge in [0.1, 0.15) is 5.75 Å². The van der Waals surface area contributed by atoms with Crippen molar-refractivity contribution in [1.82, 2.24) is 9.88 Å². The number of phenolic OH excluding ortho intramolecular Hbond substituents is 1. The Morgan fingerprint density at radius 3 is 2.68 bits per heavy atom. The van der Waals surface area contributed by atoms with Crippen molar-refractivity contribution >= 4 is 17.0 Å². The first-order chi connectivity index (χ1) is 12.1. The lowest BCUT2D eigenvalue weighted by Crippen LogP contribution is -2.29. The highest BCUT2D eigenvalue weighted by molar-refractivity contribution is 5.77. The fourth-order valence-electron chi connectivity index (χ4n) is 2.89. The van der Waals surface area contributed by atoms with Crippen LogP contribution in [0.1, 0.15) is 31.4 Å². The number of benzene rings is 2. The number of carbonyl (C=O) groups excluding carboxylic acids is 1. The highest BCUT2D eigenvalue weighted by Crippen LogP contribution is 2.25. The van der Waals surface area contributed by atoms with Crippen molar-refractivity contribution in [3.05, 3.63) is 64.6 Å². The van der Waals surface area contributed by atoms with Gasteiger partial charge in [-0.1, -0.05) is 37.3 Å². The Balaban J connectivity index is 1.69. The molecule has 3 rings (SSSR count). The summed E-state index contributed by atoms with van der Waals surface area (Å²) < 4.78 is 6.62. The lowest BCUT2D eigenvalue weighted by atomic mass is 10.0. The molecule has 130 valence electrons. The summed E-state index contributed by atoms with van der Waals surface area (Å²) in [5.41, 5.74) is 1.87. The molecule has 1 heterocycles. The number of oxazole rings is 1. The number of aromatic nitrogens is 1. The molecule has 1 aromatic heterocycles. The van der Waals surface area contributed by atoms with E-state index in [4.69, 9.17) is 4.42 Å². The fraction of sp³-hybridized carbons (Fsp3) is 0.263. The van der Waals surface area contributed by atoms with Gasteiger partial charge in [-0.05, 0) is 24.6 Å². The van der Waals surface area contributed by atoms with Gasteiger partial charge < -0.3 is 14.8 Å². The summed E-state index contributed by atoms with van der Waals surface area (Å²) in [4.78, 5) is 24.2. The zero-order valence-electron chi connectivity index (χ0n) is 13.9. The van der Waals surface area contributed by atoms with Crippen LogP contribution in [0.25, 0.3) is 11.1 Å². The molecule has 2 aromatic carbocycles. The maximum Gasteiger partial charge on any atom is 0.419 e. The third-order valence-corrected chi connectivity index (χ3v) is 4.19. The number of fused-ring (bicyclic) bond motifs is 1. The van der Waals surface area contributed by atoms with Gasteiger partial charge in [0, 0.05) is 18.5 Å². The summed E-state index contributed by atoms with van der Waals surface area (Å²) in [5.74, 6) is -0.499. The second-order valence-corrected chi connectivity index (χ2v) is 5.82. The molecule has 25 heavy (non-hydrogen) atoms. The molecule has 1 unspecified atom stereocenters. The maximum atomic E-state index is 12.3. The Kier molecular flexibility index (Phi) is 4.88. The molecule has 0 radical (unpaired) electrons. The molecule has 6 nitrogen and oxygen atoms in total. The highest BCUT2D eigenvalue weighted by atomic mass is 16.4. The van der Waals surface area contributed by atoms with Gasteiger partial charge in [0.25, 0.3) is 0 Å². The molecule has 2 N–H and O–H groups in total. The molecule has 0 fully saturated rings. The molecule has 3 aromatic rings. The minimum atomic E-state index is -0.471. The molecule has 0 saturated carbocycles. The molecule has 0 aliphatic rings. The van der Waals surface area contributed by atoms with Crippen molar-refractivity contribution in [3.8, 4) is 5.75 Å². The molecule has 6 heteroatoms. The quantitative estimate of drug-likeness (QED) is 0.722. The van der Waals surface area contributed by atoms with E-state index in [1.54, 1.807) is 36.4 Å². The smallest absolute Gasteiger partial charge is 0.419 e. The second kappa shape index (κ2) is 7.25. The average molecular weight is 340 g/mol. The zero-order valence-corrected chi connectivity index (χ0v) is 13.9. The summed E-state index contributed by atoms with van der Waals surface area (Å²) >= 11 is 0. The minimum absolute atomic E-state index is 0.146. The van der Waals surface area contributed by atoms with Gasteiger partial charge in [0.05, 0.1) is 11.6 Å². The van der Waals surface area contributed by atoms with Crippen LogP contribution in [0, 0.1) is 0 Å². The highest BCUT2D eigenvalue weighted by Gasteiger charge is 2.16. The predicted molar refractivity (Wildman–Crippen MR) is 94.4 cm³/mol. The zero-order chi connectivity index (χ0) is 17.8. The Morgan fingerprint density at radius 1 is 1.20 bits per heavy atom. The first kappa shape index (κ1) is 16.8. The average Bonchev–Trinajstić information content (AvgIpc) is 2.93. The molecule has 1 amide bonds. The van der Waals surface area contributed by atoms with Crippen LogP contribution in [0.2, 0.25) is 0 Å². The number of nitrogens with zero attached hydrogens (tertiary/aromatic N) is 1. The third-order valence-electron chi connectivity index (χ3n) is 4.19. The molecule has 0 aliphatic carbocycles. The maximum absolute atomic E-state index is 12.3.